The van der Waals surface area contributed by atoms with E-state index in [0.717, 1.165) is 0 Å². The number of aromatic amines is 1. The molecule has 96 valence electrons. The molecule has 19 heavy (non-hydrogen) atoms. The Morgan fingerprint density at radius 2 is 2.11 bits per heavy atom. The van der Waals surface area contributed by atoms with Crippen molar-refractivity contribution < 1.29 is 0 Å². The van der Waals surface area contributed by atoms with Gasteiger partial charge in [0, 0.05) is 5.56 Å². The molecule has 0 bridgehead atoms. The van der Waals surface area contributed by atoms with Crippen LogP contribution in [0.15, 0.2) is 45.7 Å². The van der Waals surface area contributed by atoms with Crippen LogP contribution < -0.4 is 11.2 Å². The molecule has 0 amide bonds. The van der Waals surface area contributed by atoms with Crippen LogP contribution in [0, 0.1) is 5.41 Å². The van der Waals surface area contributed by atoms with Crippen LogP contribution in [0.25, 0.3) is 0 Å². The molecule has 0 spiro atoms. The van der Waals surface area contributed by atoms with Gasteiger partial charge in [-0.3, -0.25) is 5.41 Å². The summed E-state index contributed by atoms with van der Waals surface area (Å²) in [6.45, 7) is 0. The van der Waals surface area contributed by atoms with E-state index in [9.17, 15) is 0 Å². The molecule has 10 heteroatoms. The molecule has 0 atom stereocenters. The van der Waals surface area contributed by atoms with Crippen LogP contribution in [-0.2, 0) is 0 Å². The van der Waals surface area contributed by atoms with E-state index in [2.05, 4.69) is 41.4 Å². The summed E-state index contributed by atoms with van der Waals surface area (Å²) >= 11 is 0. The van der Waals surface area contributed by atoms with E-state index in [1.807, 2.05) is 18.2 Å². The van der Waals surface area contributed by atoms with Crippen LogP contribution in [0.5, 0.6) is 0 Å². The first kappa shape index (κ1) is 12.3. The molecule has 0 aliphatic heterocycles. The summed E-state index contributed by atoms with van der Waals surface area (Å²) in [6.07, 6.45) is 0. The molecule has 0 saturated heterocycles. The summed E-state index contributed by atoms with van der Waals surface area (Å²) < 4.78 is 0. The van der Waals surface area contributed by atoms with Gasteiger partial charge in [0.2, 0.25) is 11.8 Å². The highest BCUT2D eigenvalue weighted by molar-refractivity contribution is 5.99. The number of hydrogen-bond acceptors (Lipinski definition) is 6. The quantitative estimate of drug-likeness (QED) is 0.266. The molecule has 2 rings (SSSR count). The minimum absolute atomic E-state index is 0.145. The third-order valence-electron chi connectivity index (χ3n) is 1.89. The van der Waals surface area contributed by atoms with Crippen molar-refractivity contribution >= 4 is 17.7 Å². The molecule has 1 aromatic carbocycles. The first-order valence-electron chi connectivity index (χ1n) is 5.14. The Labute approximate surface area is 107 Å². The monoisotopic (exact) mass is 258 g/mol. The number of azo groups is 1. The molecule has 0 radical (unpaired) electrons. The number of hydrogen-bond donors (Lipinski definition) is 4. The minimum Gasteiger partial charge on any atom is -0.369 e. The average Bonchev–Trinajstić information content (AvgIpc) is 2.93. The summed E-state index contributed by atoms with van der Waals surface area (Å²) in [6, 6.07) is 9.09. The number of nitrogens with two attached hydrogens (primary N) is 1. The molecular formula is C9H10N10. The molecule has 0 unspecified atom stereocenters. The molecule has 1 aromatic heterocycles. The normalized spacial score (nSPS) is 11.7. The van der Waals surface area contributed by atoms with Gasteiger partial charge < -0.3 is 5.73 Å². The fourth-order valence-electron chi connectivity index (χ4n) is 1.14. The van der Waals surface area contributed by atoms with Gasteiger partial charge in [-0.1, -0.05) is 35.4 Å². The fourth-order valence-corrected chi connectivity index (χ4v) is 1.14. The Bertz CT molecular complexity index is 585. The Balaban J connectivity index is 2.25. The van der Waals surface area contributed by atoms with Gasteiger partial charge in [-0.15, -0.1) is 10.2 Å². The standard InChI is InChI=1S/C9H10N10/c10-8(11)14-12-7(6-4-2-1-3-5-6)13-15-9-16-18-19-17-9/h1-5H,(H4,10,11,14)(H,16,17,18,19)/b12-7+,15-13+. The molecule has 5 N–H and O–H groups in total. The third-order valence-corrected chi connectivity index (χ3v) is 1.89. The van der Waals surface area contributed by atoms with Crippen molar-refractivity contribution in [2.24, 2.45) is 21.1 Å². The predicted octanol–water partition coefficient (Wildman–Crippen LogP) is 0.128. The van der Waals surface area contributed by atoms with E-state index in [4.69, 9.17) is 11.1 Å². The molecule has 0 fully saturated rings. The number of benzene rings is 1. The van der Waals surface area contributed by atoms with Crippen LogP contribution in [0.3, 0.4) is 0 Å². The van der Waals surface area contributed by atoms with Gasteiger partial charge in [0.1, 0.15) is 0 Å². The summed E-state index contributed by atoms with van der Waals surface area (Å²) in [7, 11) is 0. The number of amidine groups is 1. The largest absolute Gasteiger partial charge is 0.369 e. The number of aromatic nitrogens is 4. The van der Waals surface area contributed by atoms with Crippen molar-refractivity contribution in [2.45, 2.75) is 0 Å². The second-order valence-electron chi connectivity index (χ2n) is 3.25. The maximum atomic E-state index is 7.07. The van der Waals surface area contributed by atoms with Crippen LogP contribution >= 0.6 is 0 Å². The Morgan fingerprint density at radius 3 is 2.74 bits per heavy atom. The number of tetrazole rings is 1. The lowest BCUT2D eigenvalue weighted by Crippen LogP contribution is -2.26. The minimum atomic E-state index is -0.301. The van der Waals surface area contributed by atoms with E-state index in [-0.39, 0.29) is 17.7 Å². The molecule has 10 nitrogen and oxygen atoms in total. The molecular weight excluding hydrogens is 248 g/mol. The predicted molar refractivity (Wildman–Crippen MR) is 66.7 cm³/mol. The van der Waals surface area contributed by atoms with Crippen molar-refractivity contribution in [3.63, 3.8) is 0 Å². The van der Waals surface area contributed by atoms with Crippen LogP contribution in [0.4, 0.5) is 5.95 Å². The zero-order valence-electron chi connectivity index (χ0n) is 9.65. The Kier molecular flexibility index (Phi) is 3.85. The van der Waals surface area contributed by atoms with Crippen LogP contribution in [-0.4, -0.2) is 32.4 Å². The van der Waals surface area contributed by atoms with Gasteiger partial charge in [0.25, 0.3) is 5.95 Å². The number of H-pyrrole nitrogens is 1. The second-order valence-corrected chi connectivity index (χ2v) is 3.25. The Hall–Kier alpha value is -3.17. The number of guanidine groups is 1. The summed E-state index contributed by atoms with van der Waals surface area (Å²) in [5.41, 5.74) is 8.17. The molecule has 0 aliphatic rings. The van der Waals surface area contributed by atoms with E-state index in [0.29, 0.717) is 5.56 Å². The summed E-state index contributed by atoms with van der Waals surface area (Å²) in [5.74, 6) is 0.0867. The zero-order valence-corrected chi connectivity index (χ0v) is 9.65. The van der Waals surface area contributed by atoms with Crippen molar-refractivity contribution in [2.75, 3.05) is 0 Å². The van der Waals surface area contributed by atoms with Gasteiger partial charge >= 0.3 is 0 Å². The first-order chi connectivity index (χ1) is 9.25. The maximum Gasteiger partial charge on any atom is 0.285 e. The van der Waals surface area contributed by atoms with Crippen molar-refractivity contribution in [1.29, 1.82) is 5.41 Å². The highest BCUT2D eigenvalue weighted by Crippen LogP contribution is 2.05. The van der Waals surface area contributed by atoms with Gasteiger partial charge in [0.15, 0.2) is 0 Å². The smallest absolute Gasteiger partial charge is 0.285 e. The third kappa shape index (κ3) is 3.66. The van der Waals surface area contributed by atoms with Crippen LogP contribution in [0.1, 0.15) is 5.56 Å². The molecule has 1 heterocycles. The molecule has 0 aliphatic carbocycles. The van der Waals surface area contributed by atoms with E-state index in [1.54, 1.807) is 12.1 Å². The fraction of sp³-hybridized carbons (Fsp3) is 0. The number of hydrazone groups is 1. The van der Waals surface area contributed by atoms with Gasteiger partial charge in [-0.05, 0) is 10.4 Å². The molecule has 0 saturated carbocycles. The summed E-state index contributed by atoms with van der Waals surface area (Å²) in [5, 5.41) is 31.3. The summed E-state index contributed by atoms with van der Waals surface area (Å²) in [4.78, 5) is 0. The van der Waals surface area contributed by atoms with Crippen molar-refractivity contribution in [3.05, 3.63) is 35.9 Å². The van der Waals surface area contributed by atoms with E-state index < -0.39 is 0 Å². The SMILES string of the molecule is N=C(N)N/N=C(/N=N/c1nnn[nH]1)c1ccccc1. The lowest BCUT2D eigenvalue weighted by Gasteiger charge is -2.00. The highest BCUT2D eigenvalue weighted by Gasteiger charge is 2.02. The number of rotatable bonds is 3. The molecule has 2 aromatic rings. The lowest BCUT2D eigenvalue weighted by molar-refractivity contribution is 0.881. The van der Waals surface area contributed by atoms with Gasteiger partial charge in [0.05, 0.1) is 0 Å². The zero-order chi connectivity index (χ0) is 13.5. The lowest BCUT2D eigenvalue weighted by atomic mass is 10.2. The first-order valence-corrected chi connectivity index (χ1v) is 5.14. The van der Waals surface area contributed by atoms with E-state index in [1.165, 1.54) is 0 Å². The van der Waals surface area contributed by atoms with E-state index >= 15 is 0 Å². The van der Waals surface area contributed by atoms with Gasteiger partial charge in [-0.25, -0.2) is 10.5 Å². The number of nitrogens with one attached hydrogen (secondary N) is 3. The maximum absolute atomic E-state index is 7.07. The highest BCUT2D eigenvalue weighted by atomic mass is 15.5. The van der Waals surface area contributed by atoms with Crippen LogP contribution in [0.2, 0.25) is 0 Å². The Morgan fingerprint density at radius 1 is 1.32 bits per heavy atom. The number of nitrogens with zero attached hydrogens (tertiary/aromatic N) is 6. The topological polar surface area (TPSA) is 153 Å². The van der Waals surface area contributed by atoms with Crippen molar-refractivity contribution in [1.82, 2.24) is 26.0 Å². The second kappa shape index (κ2) is 5.95. The van der Waals surface area contributed by atoms with Gasteiger partial charge in [-0.2, -0.15) is 5.10 Å². The van der Waals surface area contributed by atoms with Crippen molar-refractivity contribution in [3.8, 4) is 0 Å². The average molecular weight is 258 g/mol.